The number of nitrogens with zero attached hydrogens (tertiary/aromatic N) is 2. The summed E-state index contributed by atoms with van der Waals surface area (Å²) in [6.45, 7) is 7.07. The Morgan fingerprint density at radius 2 is 2.17 bits per heavy atom. The minimum absolute atomic E-state index is 0.160. The Labute approximate surface area is 109 Å². The summed E-state index contributed by atoms with van der Waals surface area (Å²) in [7, 11) is 1.98. The standard InChI is InChI=1S/C13H23N3O2/c1-13(2,3)18-12(17)6-8-14-7-5-11-15-9-10-16(11)4/h9-10,14H,5-8H2,1-4H3. The second-order valence-electron chi connectivity index (χ2n) is 5.29. The van der Waals surface area contributed by atoms with Gasteiger partial charge in [-0.05, 0) is 20.8 Å². The SMILES string of the molecule is Cn1ccnc1CCNCCC(=O)OC(C)(C)C. The third-order valence-corrected chi connectivity index (χ3v) is 2.37. The van der Waals surface area contributed by atoms with Crippen LogP contribution >= 0.6 is 0 Å². The summed E-state index contributed by atoms with van der Waals surface area (Å²) in [5, 5.41) is 3.21. The van der Waals surface area contributed by atoms with Gasteiger partial charge in [-0.3, -0.25) is 4.79 Å². The number of carbonyl (C=O) groups is 1. The molecule has 0 amide bonds. The van der Waals surface area contributed by atoms with Gasteiger partial charge >= 0.3 is 5.97 Å². The first-order valence-electron chi connectivity index (χ1n) is 6.27. The van der Waals surface area contributed by atoms with E-state index in [0.29, 0.717) is 13.0 Å². The monoisotopic (exact) mass is 253 g/mol. The van der Waals surface area contributed by atoms with E-state index >= 15 is 0 Å². The van der Waals surface area contributed by atoms with Gasteiger partial charge in [-0.2, -0.15) is 0 Å². The van der Waals surface area contributed by atoms with Gasteiger partial charge < -0.3 is 14.6 Å². The molecule has 18 heavy (non-hydrogen) atoms. The molecule has 1 N–H and O–H groups in total. The number of rotatable bonds is 6. The third kappa shape index (κ3) is 5.82. The van der Waals surface area contributed by atoms with Crippen molar-refractivity contribution in [3.63, 3.8) is 0 Å². The van der Waals surface area contributed by atoms with E-state index in [-0.39, 0.29) is 5.97 Å². The second kappa shape index (κ2) is 6.54. The van der Waals surface area contributed by atoms with E-state index in [1.807, 2.05) is 38.6 Å². The van der Waals surface area contributed by atoms with Crippen molar-refractivity contribution in [3.8, 4) is 0 Å². The Hall–Kier alpha value is -1.36. The number of aromatic nitrogens is 2. The van der Waals surface area contributed by atoms with E-state index in [0.717, 1.165) is 18.8 Å². The van der Waals surface area contributed by atoms with E-state index in [2.05, 4.69) is 10.3 Å². The minimum Gasteiger partial charge on any atom is -0.460 e. The van der Waals surface area contributed by atoms with Crippen LogP contribution in [-0.2, 0) is 23.0 Å². The lowest BCUT2D eigenvalue weighted by atomic mass is 10.2. The Balaban J connectivity index is 2.09. The topological polar surface area (TPSA) is 56.2 Å². The van der Waals surface area contributed by atoms with Crippen molar-refractivity contribution >= 4 is 5.97 Å². The molecule has 0 radical (unpaired) electrons. The van der Waals surface area contributed by atoms with Gasteiger partial charge in [0.15, 0.2) is 0 Å². The fourth-order valence-corrected chi connectivity index (χ4v) is 1.55. The maximum atomic E-state index is 11.4. The summed E-state index contributed by atoms with van der Waals surface area (Å²) in [6.07, 6.45) is 4.97. The molecule has 0 saturated carbocycles. The van der Waals surface area contributed by atoms with Crippen LogP contribution in [0.5, 0.6) is 0 Å². The number of ether oxygens (including phenoxy) is 1. The molecule has 0 spiro atoms. The lowest BCUT2D eigenvalue weighted by Crippen LogP contribution is -2.27. The molecule has 1 aromatic rings. The van der Waals surface area contributed by atoms with Crippen molar-refractivity contribution in [2.45, 2.75) is 39.2 Å². The highest BCUT2D eigenvalue weighted by atomic mass is 16.6. The summed E-state index contributed by atoms with van der Waals surface area (Å²) in [6, 6.07) is 0. The molecule has 5 heteroatoms. The van der Waals surface area contributed by atoms with Gasteiger partial charge in [0.2, 0.25) is 0 Å². The van der Waals surface area contributed by atoms with Crippen LogP contribution < -0.4 is 5.32 Å². The van der Waals surface area contributed by atoms with Crippen LogP contribution in [0.1, 0.15) is 33.0 Å². The zero-order chi connectivity index (χ0) is 13.6. The molecular formula is C13H23N3O2. The van der Waals surface area contributed by atoms with Crippen molar-refractivity contribution in [2.24, 2.45) is 7.05 Å². The van der Waals surface area contributed by atoms with Crippen LogP contribution in [-0.4, -0.2) is 34.2 Å². The molecule has 1 rings (SSSR count). The predicted molar refractivity (Wildman–Crippen MR) is 70.2 cm³/mol. The van der Waals surface area contributed by atoms with E-state index in [1.165, 1.54) is 0 Å². The first-order chi connectivity index (χ1) is 8.38. The van der Waals surface area contributed by atoms with E-state index < -0.39 is 5.60 Å². The molecule has 0 atom stereocenters. The van der Waals surface area contributed by atoms with Gasteiger partial charge in [0.25, 0.3) is 0 Å². The molecule has 0 saturated heterocycles. The Bertz CT molecular complexity index is 380. The van der Waals surface area contributed by atoms with Crippen molar-refractivity contribution in [1.82, 2.24) is 14.9 Å². The van der Waals surface area contributed by atoms with Gasteiger partial charge in [0.1, 0.15) is 11.4 Å². The van der Waals surface area contributed by atoms with Crippen LogP contribution in [0.2, 0.25) is 0 Å². The van der Waals surface area contributed by atoms with Gasteiger partial charge in [0, 0.05) is 39.0 Å². The molecule has 0 bridgehead atoms. The molecule has 0 aliphatic rings. The van der Waals surface area contributed by atoms with Crippen LogP contribution in [0.15, 0.2) is 12.4 Å². The third-order valence-electron chi connectivity index (χ3n) is 2.37. The summed E-state index contributed by atoms with van der Waals surface area (Å²) >= 11 is 0. The van der Waals surface area contributed by atoms with Gasteiger partial charge in [0.05, 0.1) is 6.42 Å². The molecule has 0 aliphatic heterocycles. The Kier molecular flexibility index (Phi) is 5.34. The Morgan fingerprint density at radius 1 is 1.44 bits per heavy atom. The van der Waals surface area contributed by atoms with E-state index in [1.54, 1.807) is 6.20 Å². The fourth-order valence-electron chi connectivity index (χ4n) is 1.55. The average Bonchev–Trinajstić information content (AvgIpc) is 2.61. The highest BCUT2D eigenvalue weighted by molar-refractivity contribution is 5.70. The molecule has 0 aliphatic carbocycles. The van der Waals surface area contributed by atoms with Gasteiger partial charge in [-0.25, -0.2) is 4.98 Å². The number of aryl methyl sites for hydroxylation is 1. The molecule has 1 heterocycles. The molecule has 0 fully saturated rings. The number of hydrogen-bond acceptors (Lipinski definition) is 4. The zero-order valence-corrected chi connectivity index (χ0v) is 11.7. The molecule has 0 aromatic carbocycles. The van der Waals surface area contributed by atoms with Crippen molar-refractivity contribution in [2.75, 3.05) is 13.1 Å². The lowest BCUT2D eigenvalue weighted by Gasteiger charge is -2.19. The number of esters is 1. The summed E-state index contributed by atoms with van der Waals surface area (Å²) in [5.41, 5.74) is -0.399. The van der Waals surface area contributed by atoms with Gasteiger partial charge in [-0.15, -0.1) is 0 Å². The maximum absolute atomic E-state index is 11.4. The maximum Gasteiger partial charge on any atom is 0.307 e. The zero-order valence-electron chi connectivity index (χ0n) is 11.7. The van der Waals surface area contributed by atoms with Crippen molar-refractivity contribution in [1.29, 1.82) is 0 Å². The van der Waals surface area contributed by atoms with Crippen LogP contribution in [0.3, 0.4) is 0 Å². The van der Waals surface area contributed by atoms with Gasteiger partial charge in [-0.1, -0.05) is 0 Å². The number of hydrogen-bond donors (Lipinski definition) is 1. The largest absolute Gasteiger partial charge is 0.460 e. The molecular weight excluding hydrogens is 230 g/mol. The summed E-state index contributed by atoms with van der Waals surface area (Å²) in [5.74, 6) is 0.881. The summed E-state index contributed by atoms with van der Waals surface area (Å²) < 4.78 is 7.21. The predicted octanol–water partition coefficient (Wildman–Crippen LogP) is 1.28. The highest BCUT2D eigenvalue weighted by Gasteiger charge is 2.15. The van der Waals surface area contributed by atoms with Crippen LogP contribution in [0.25, 0.3) is 0 Å². The smallest absolute Gasteiger partial charge is 0.307 e. The fraction of sp³-hybridized carbons (Fsp3) is 0.692. The van der Waals surface area contributed by atoms with E-state index in [4.69, 9.17) is 4.74 Å². The number of nitrogens with one attached hydrogen (secondary N) is 1. The highest BCUT2D eigenvalue weighted by Crippen LogP contribution is 2.07. The normalized spacial score (nSPS) is 11.6. The second-order valence-corrected chi connectivity index (χ2v) is 5.29. The quantitative estimate of drug-likeness (QED) is 0.613. The van der Waals surface area contributed by atoms with Crippen molar-refractivity contribution < 1.29 is 9.53 Å². The number of imidazole rings is 1. The molecule has 0 unspecified atom stereocenters. The summed E-state index contributed by atoms with van der Waals surface area (Å²) in [4.78, 5) is 15.7. The molecule has 1 aromatic heterocycles. The average molecular weight is 253 g/mol. The van der Waals surface area contributed by atoms with Crippen LogP contribution in [0.4, 0.5) is 0 Å². The minimum atomic E-state index is -0.399. The molecule has 5 nitrogen and oxygen atoms in total. The Morgan fingerprint density at radius 3 is 2.72 bits per heavy atom. The first kappa shape index (κ1) is 14.7. The lowest BCUT2D eigenvalue weighted by molar-refractivity contribution is -0.154. The number of carbonyl (C=O) groups excluding carboxylic acids is 1. The first-order valence-corrected chi connectivity index (χ1v) is 6.27. The van der Waals surface area contributed by atoms with Crippen molar-refractivity contribution in [3.05, 3.63) is 18.2 Å². The molecule has 102 valence electrons. The van der Waals surface area contributed by atoms with Crippen LogP contribution in [0, 0.1) is 0 Å². The van der Waals surface area contributed by atoms with E-state index in [9.17, 15) is 4.79 Å².